The van der Waals surface area contributed by atoms with Crippen molar-refractivity contribution in [2.45, 2.75) is 25.9 Å². The molecule has 0 amide bonds. The van der Waals surface area contributed by atoms with Crippen molar-refractivity contribution in [2.75, 3.05) is 19.8 Å². The van der Waals surface area contributed by atoms with Gasteiger partial charge in [-0.25, -0.2) is 0 Å². The standard InChI is InChI=1S/C13H16ClF3O2/c1-9(2)10-3-4-12(11(14)7-10)19-6-5-18-8-13(15,16)17/h3-4,7,9H,5-6,8H2,1-2H3. The number of hydrogen-bond donors (Lipinski definition) is 0. The second-order valence-electron chi connectivity index (χ2n) is 4.36. The highest BCUT2D eigenvalue weighted by molar-refractivity contribution is 6.32. The van der Waals surface area contributed by atoms with Crippen LogP contribution < -0.4 is 4.74 Å². The van der Waals surface area contributed by atoms with Crippen LogP contribution >= 0.6 is 11.6 Å². The lowest BCUT2D eigenvalue weighted by molar-refractivity contribution is -0.175. The van der Waals surface area contributed by atoms with Crippen LogP contribution in [0.5, 0.6) is 5.75 Å². The third-order valence-corrected chi connectivity index (χ3v) is 2.67. The fourth-order valence-electron chi connectivity index (χ4n) is 1.39. The lowest BCUT2D eigenvalue weighted by Gasteiger charge is -2.12. The van der Waals surface area contributed by atoms with Crippen LogP contribution in [0.25, 0.3) is 0 Å². The molecule has 0 atom stereocenters. The second-order valence-corrected chi connectivity index (χ2v) is 4.77. The van der Waals surface area contributed by atoms with Crippen LogP contribution in [0.2, 0.25) is 5.02 Å². The molecular formula is C13H16ClF3O2. The fraction of sp³-hybridized carbons (Fsp3) is 0.538. The zero-order valence-corrected chi connectivity index (χ0v) is 11.5. The van der Waals surface area contributed by atoms with Crippen molar-refractivity contribution in [3.05, 3.63) is 28.8 Å². The molecule has 0 spiro atoms. The lowest BCUT2D eigenvalue weighted by Crippen LogP contribution is -2.19. The van der Waals surface area contributed by atoms with E-state index in [2.05, 4.69) is 4.74 Å². The summed E-state index contributed by atoms with van der Waals surface area (Å²) in [6.07, 6.45) is -4.31. The molecule has 1 rings (SSSR count). The van der Waals surface area contributed by atoms with E-state index < -0.39 is 12.8 Å². The first-order chi connectivity index (χ1) is 8.79. The van der Waals surface area contributed by atoms with Gasteiger partial charge in [-0.3, -0.25) is 0 Å². The van der Waals surface area contributed by atoms with Gasteiger partial charge in [0.1, 0.15) is 19.0 Å². The van der Waals surface area contributed by atoms with E-state index in [0.717, 1.165) is 5.56 Å². The highest BCUT2D eigenvalue weighted by Crippen LogP contribution is 2.28. The molecule has 0 heterocycles. The monoisotopic (exact) mass is 296 g/mol. The summed E-state index contributed by atoms with van der Waals surface area (Å²) in [5, 5.41) is 0.446. The Morgan fingerprint density at radius 3 is 2.42 bits per heavy atom. The number of halogens is 4. The van der Waals surface area contributed by atoms with Gasteiger partial charge in [-0.05, 0) is 23.6 Å². The Balaban J connectivity index is 2.38. The lowest BCUT2D eigenvalue weighted by atomic mass is 10.0. The first-order valence-electron chi connectivity index (χ1n) is 5.86. The minimum Gasteiger partial charge on any atom is -0.490 e. The van der Waals surface area contributed by atoms with E-state index in [1.54, 1.807) is 12.1 Å². The molecule has 0 saturated carbocycles. The van der Waals surface area contributed by atoms with E-state index >= 15 is 0 Å². The van der Waals surface area contributed by atoms with Crippen LogP contribution in [-0.4, -0.2) is 26.0 Å². The zero-order valence-electron chi connectivity index (χ0n) is 10.8. The van der Waals surface area contributed by atoms with Gasteiger partial charge in [-0.15, -0.1) is 0 Å². The largest absolute Gasteiger partial charge is 0.490 e. The van der Waals surface area contributed by atoms with Gasteiger partial charge in [0.2, 0.25) is 0 Å². The van der Waals surface area contributed by atoms with Crippen LogP contribution in [0.15, 0.2) is 18.2 Å². The van der Waals surface area contributed by atoms with E-state index in [9.17, 15) is 13.2 Å². The molecule has 108 valence electrons. The average molecular weight is 297 g/mol. The van der Waals surface area contributed by atoms with Crippen LogP contribution in [0.4, 0.5) is 13.2 Å². The summed E-state index contributed by atoms with van der Waals surface area (Å²) in [6.45, 7) is 2.70. The predicted octanol–water partition coefficient (Wildman–Crippen LogP) is 4.42. The molecule has 1 aromatic rings. The highest BCUT2D eigenvalue weighted by atomic mass is 35.5. The molecule has 0 unspecified atom stereocenters. The van der Waals surface area contributed by atoms with Gasteiger partial charge in [0.15, 0.2) is 0 Å². The van der Waals surface area contributed by atoms with Gasteiger partial charge in [0, 0.05) is 0 Å². The average Bonchev–Trinajstić information content (AvgIpc) is 2.28. The highest BCUT2D eigenvalue weighted by Gasteiger charge is 2.27. The summed E-state index contributed by atoms with van der Waals surface area (Å²) in [4.78, 5) is 0. The smallest absolute Gasteiger partial charge is 0.411 e. The van der Waals surface area contributed by atoms with Gasteiger partial charge in [0.25, 0.3) is 0 Å². The molecule has 0 saturated heterocycles. The molecule has 6 heteroatoms. The number of ether oxygens (including phenoxy) is 2. The van der Waals surface area contributed by atoms with Crippen molar-refractivity contribution in [3.63, 3.8) is 0 Å². The number of hydrogen-bond acceptors (Lipinski definition) is 2. The van der Waals surface area contributed by atoms with Crippen molar-refractivity contribution < 1.29 is 22.6 Å². The van der Waals surface area contributed by atoms with Crippen LogP contribution in [-0.2, 0) is 4.74 Å². The predicted molar refractivity (Wildman–Crippen MR) is 67.9 cm³/mol. The molecular weight excluding hydrogens is 281 g/mol. The SMILES string of the molecule is CC(C)c1ccc(OCCOCC(F)(F)F)c(Cl)c1. The Morgan fingerprint density at radius 1 is 1.21 bits per heavy atom. The molecule has 0 fully saturated rings. The maximum atomic E-state index is 11.8. The minimum atomic E-state index is -4.31. The van der Waals surface area contributed by atoms with Crippen molar-refractivity contribution in [3.8, 4) is 5.75 Å². The van der Waals surface area contributed by atoms with Crippen molar-refractivity contribution in [1.82, 2.24) is 0 Å². The molecule has 0 aromatic heterocycles. The Bertz CT molecular complexity index is 405. The Kier molecular flexibility index (Phi) is 5.94. The topological polar surface area (TPSA) is 18.5 Å². The van der Waals surface area contributed by atoms with E-state index in [1.165, 1.54) is 0 Å². The summed E-state index contributed by atoms with van der Waals surface area (Å²) >= 11 is 6.01. The first-order valence-corrected chi connectivity index (χ1v) is 6.24. The van der Waals surface area contributed by atoms with E-state index in [0.29, 0.717) is 16.7 Å². The molecule has 0 aliphatic heterocycles. The van der Waals surface area contributed by atoms with Crippen LogP contribution in [0, 0.1) is 0 Å². The minimum absolute atomic E-state index is 0.0246. The van der Waals surface area contributed by atoms with E-state index in [1.807, 2.05) is 19.9 Å². The molecule has 19 heavy (non-hydrogen) atoms. The molecule has 0 aliphatic rings. The summed E-state index contributed by atoms with van der Waals surface area (Å²) in [6, 6.07) is 5.38. The number of benzene rings is 1. The van der Waals surface area contributed by atoms with Crippen LogP contribution in [0.1, 0.15) is 25.3 Å². The van der Waals surface area contributed by atoms with Gasteiger partial charge in [-0.2, -0.15) is 13.2 Å². The van der Waals surface area contributed by atoms with E-state index in [-0.39, 0.29) is 13.2 Å². The molecule has 2 nitrogen and oxygen atoms in total. The van der Waals surface area contributed by atoms with Gasteiger partial charge in [-0.1, -0.05) is 31.5 Å². The Morgan fingerprint density at radius 2 is 1.89 bits per heavy atom. The number of alkyl halides is 3. The quantitative estimate of drug-likeness (QED) is 0.723. The van der Waals surface area contributed by atoms with Crippen molar-refractivity contribution >= 4 is 11.6 Å². The maximum Gasteiger partial charge on any atom is 0.411 e. The molecule has 1 aromatic carbocycles. The van der Waals surface area contributed by atoms with Crippen molar-refractivity contribution in [1.29, 1.82) is 0 Å². The molecule has 0 N–H and O–H groups in total. The Hall–Kier alpha value is -0.940. The van der Waals surface area contributed by atoms with Gasteiger partial charge < -0.3 is 9.47 Å². The first kappa shape index (κ1) is 16.1. The van der Waals surface area contributed by atoms with Crippen molar-refractivity contribution in [2.24, 2.45) is 0 Å². The molecule has 0 aliphatic carbocycles. The van der Waals surface area contributed by atoms with Gasteiger partial charge >= 0.3 is 6.18 Å². The second kappa shape index (κ2) is 7.01. The van der Waals surface area contributed by atoms with E-state index in [4.69, 9.17) is 16.3 Å². The third-order valence-electron chi connectivity index (χ3n) is 2.37. The van der Waals surface area contributed by atoms with Crippen LogP contribution in [0.3, 0.4) is 0 Å². The fourth-order valence-corrected chi connectivity index (χ4v) is 1.64. The Labute approximate surface area is 115 Å². The summed E-state index contributed by atoms with van der Waals surface area (Å²) < 4.78 is 45.1. The maximum absolute atomic E-state index is 11.8. The summed E-state index contributed by atoms with van der Waals surface area (Å²) in [5.41, 5.74) is 1.07. The molecule has 0 bridgehead atoms. The summed E-state index contributed by atoms with van der Waals surface area (Å²) in [5.74, 6) is 0.795. The summed E-state index contributed by atoms with van der Waals surface area (Å²) in [7, 11) is 0. The third kappa shape index (κ3) is 6.16. The number of rotatable bonds is 6. The molecule has 0 radical (unpaired) electrons. The zero-order chi connectivity index (χ0) is 14.5. The van der Waals surface area contributed by atoms with Gasteiger partial charge in [0.05, 0.1) is 11.6 Å². The normalized spacial score (nSPS) is 11.9.